The van der Waals surface area contributed by atoms with Crippen molar-refractivity contribution in [2.24, 2.45) is 5.10 Å². The maximum Gasteiger partial charge on any atom is 0.329 e. The third-order valence-electron chi connectivity index (χ3n) is 3.31. The van der Waals surface area contributed by atoms with E-state index in [0.29, 0.717) is 22.0 Å². The van der Waals surface area contributed by atoms with Crippen molar-refractivity contribution in [3.8, 4) is 11.5 Å². The molecule has 0 aliphatic rings. The zero-order valence-electron chi connectivity index (χ0n) is 13.8. The van der Waals surface area contributed by atoms with Gasteiger partial charge in [0.05, 0.1) is 22.9 Å². The monoisotopic (exact) mass is 395 g/mol. The maximum atomic E-state index is 11.9. The second kappa shape index (κ2) is 8.55. The van der Waals surface area contributed by atoms with Gasteiger partial charge in [-0.2, -0.15) is 5.10 Å². The molecule has 0 aliphatic carbocycles. The molecule has 9 heteroatoms. The zero-order valence-corrected chi connectivity index (χ0v) is 15.4. The molecule has 0 fully saturated rings. The van der Waals surface area contributed by atoms with Crippen molar-refractivity contribution in [3.05, 3.63) is 52.0 Å². The van der Waals surface area contributed by atoms with E-state index in [-0.39, 0.29) is 16.5 Å². The highest BCUT2D eigenvalue weighted by atomic mass is 35.5. The summed E-state index contributed by atoms with van der Waals surface area (Å²) in [6.45, 7) is 1.63. The molecule has 0 aromatic heterocycles. The number of rotatable bonds is 4. The lowest BCUT2D eigenvalue weighted by atomic mass is 10.1. The normalized spacial score (nSPS) is 11.0. The summed E-state index contributed by atoms with van der Waals surface area (Å²) in [5.74, 6) is -1.63. The van der Waals surface area contributed by atoms with Gasteiger partial charge in [-0.1, -0.05) is 23.2 Å². The van der Waals surface area contributed by atoms with Gasteiger partial charge >= 0.3 is 11.8 Å². The van der Waals surface area contributed by atoms with Gasteiger partial charge in [0.25, 0.3) is 0 Å². The number of aromatic hydroxyl groups is 1. The number of anilines is 1. The Bertz CT molecular complexity index is 884. The Balaban J connectivity index is 2.03. The highest BCUT2D eigenvalue weighted by molar-refractivity contribution is 6.43. The predicted molar refractivity (Wildman–Crippen MR) is 100 cm³/mol. The smallest absolute Gasteiger partial charge is 0.329 e. The molecule has 2 amide bonds. The first-order chi connectivity index (χ1) is 12.3. The largest absolute Gasteiger partial charge is 0.504 e. The Morgan fingerprint density at radius 3 is 2.46 bits per heavy atom. The number of nitrogens with zero attached hydrogens (tertiary/aromatic N) is 1. The van der Waals surface area contributed by atoms with Crippen LogP contribution in [0.25, 0.3) is 0 Å². The van der Waals surface area contributed by atoms with Gasteiger partial charge in [0.15, 0.2) is 11.5 Å². The molecule has 0 bridgehead atoms. The predicted octanol–water partition coefficient (Wildman–Crippen LogP) is 3.19. The molecule has 0 saturated carbocycles. The van der Waals surface area contributed by atoms with Crippen LogP contribution in [-0.4, -0.2) is 29.7 Å². The van der Waals surface area contributed by atoms with E-state index >= 15 is 0 Å². The van der Waals surface area contributed by atoms with Crippen LogP contribution >= 0.6 is 23.2 Å². The van der Waals surface area contributed by atoms with Crippen LogP contribution in [0.4, 0.5) is 5.69 Å². The number of phenolic OH excluding ortho intramolecular Hbond substituents is 1. The molecule has 0 radical (unpaired) electrons. The van der Waals surface area contributed by atoms with E-state index in [1.807, 2.05) is 0 Å². The third kappa shape index (κ3) is 4.87. The van der Waals surface area contributed by atoms with Crippen LogP contribution < -0.4 is 15.5 Å². The van der Waals surface area contributed by atoms with Gasteiger partial charge in [-0.05, 0) is 43.3 Å². The van der Waals surface area contributed by atoms with Crippen molar-refractivity contribution >= 4 is 46.4 Å². The number of nitrogens with one attached hydrogen (secondary N) is 2. The molecule has 2 aromatic carbocycles. The number of phenols is 1. The molecule has 0 unspecified atom stereocenters. The summed E-state index contributed by atoms with van der Waals surface area (Å²) < 4.78 is 5.01. The molecule has 0 spiro atoms. The third-order valence-corrected chi connectivity index (χ3v) is 4.05. The molecular weight excluding hydrogens is 381 g/mol. The van der Waals surface area contributed by atoms with Gasteiger partial charge in [-0.15, -0.1) is 0 Å². The number of ether oxygens (including phenoxy) is 1. The summed E-state index contributed by atoms with van der Waals surface area (Å²) in [5.41, 5.74) is 3.49. The van der Waals surface area contributed by atoms with E-state index in [1.165, 1.54) is 31.4 Å². The minimum absolute atomic E-state index is 0.0194. The second-order valence-electron chi connectivity index (χ2n) is 5.11. The van der Waals surface area contributed by atoms with Gasteiger partial charge < -0.3 is 15.2 Å². The van der Waals surface area contributed by atoms with E-state index < -0.39 is 11.8 Å². The van der Waals surface area contributed by atoms with E-state index in [0.717, 1.165) is 0 Å². The van der Waals surface area contributed by atoms with E-state index in [1.54, 1.807) is 19.1 Å². The quantitative estimate of drug-likeness (QED) is 0.420. The van der Waals surface area contributed by atoms with Crippen molar-refractivity contribution < 1.29 is 19.4 Å². The second-order valence-corrected chi connectivity index (χ2v) is 5.92. The number of carbonyl (C=O) groups excluding carboxylic acids is 2. The minimum atomic E-state index is -0.957. The number of carbonyl (C=O) groups is 2. The standard InChI is InChI=1S/C17H15Cl2N3O4/c1-9(10-3-6-14(23)15(7-10)26-2)21-22-17(25)16(24)20-11-4-5-12(18)13(19)8-11/h3-8,23H,1-2H3,(H,20,24)(H,22,25)/b21-9-. The van der Waals surface area contributed by atoms with Gasteiger partial charge in [0.2, 0.25) is 0 Å². The molecule has 7 nitrogen and oxygen atoms in total. The summed E-state index contributed by atoms with van der Waals surface area (Å²) in [5, 5.41) is 16.4. The molecule has 0 saturated heterocycles. The summed E-state index contributed by atoms with van der Waals surface area (Å²) >= 11 is 11.6. The molecule has 3 N–H and O–H groups in total. The number of benzene rings is 2. The Morgan fingerprint density at radius 2 is 1.81 bits per heavy atom. The first-order valence-corrected chi connectivity index (χ1v) is 8.05. The summed E-state index contributed by atoms with van der Waals surface area (Å²) in [6, 6.07) is 9.02. The van der Waals surface area contributed by atoms with Crippen LogP contribution in [0.5, 0.6) is 11.5 Å². The fourth-order valence-corrected chi connectivity index (χ4v) is 2.21. The SMILES string of the molecule is COc1cc(/C(C)=N\NC(=O)C(=O)Nc2ccc(Cl)c(Cl)c2)ccc1O. The number of hydrogen-bond acceptors (Lipinski definition) is 5. The fraction of sp³-hybridized carbons (Fsp3) is 0.118. The number of amides is 2. The lowest BCUT2D eigenvalue weighted by molar-refractivity contribution is -0.136. The zero-order chi connectivity index (χ0) is 19.3. The summed E-state index contributed by atoms with van der Waals surface area (Å²) in [6.07, 6.45) is 0. The fourth-order valence-electron chi connectivity index (χ4n) is 1.91. The average Bonchev–Trinajstić information content (AvgIpc) is 2.62. The first kappa shape index (κ1) is 19.6. The van der Waals surface area contributed by atoms with Crippen LogP contribution in [-0.2, 0) is 9.59 Å². The van der Waals surface area contributed by atoms with Gasteiger partial charge in [0, 0.05) is 11.3 Å². The van der Waals surface area contributed by atoms with Crippen molar-refractivity contribution in [2.75, 3.05) is 12.4 Å². The van der Waals surface area contributed by atoms with Gasteiger partial charge in [-0.25, -0.2) is 5.43 Å². The number of hydrogen-bond donors (Lipinski definition) is 3. The Labute approximate surface area is 159 Å². The molecule has 136 valence electrons. The van der Waals surface area contributed by atoms with E-state index in [4.69, 9.17) is 27.9 Å². The molecule has 0 heterocycles. The highest BCUT2D eigenvalue weighted by Crippen LogP contribution is 2.26. The average molecular weight is 396 g/mol. The molecular formula is C17H15Cl2N3O4. The molecule has 2 rings (SSSR count). The Hall–Kier alpha value is -2.77. The van der Waals surface area contributed by atoms with Crippen molar-refractivity contribution in [1.82, 2.24) is 5.43 Å². The van der Waals surface area contributed by atoms with Crippen molar-refractivity contribution in [1.29, 1.82) is 0 Å². The topological polar surface area (TPSA) is 100 Å². The van der Waals surface area contributed by atoms with Crippen LogP contribution in [0.15, 0.2) is 41.5 Å². The van der Waals surface area contributed by atoms with Crippen molar-refractivity contribution in [3.63, 3.8) is 0 Å². The van der Waals surface area contributed by atoms with Crippen LogP contribution in [0.2, 0.25) is 10.0 Å². The number of methoxy groups -OCH3 is 1. The lowest BCUT2D eigenvalue weighted by Crippen LogP contribution is -2.32. The van der Waals surface area contributed by atoms with Gasteiger partial charge in [-0.3, -0.25) is 9.59 Å². The van der Waals surface area contributed by atoms with Crippen LogP contribution in [0.3, 0.4) is 0 Å². The van der Waals surface area contributed by atoms with Crippen LogP contribution in [0, 0.1) is 0 Å². The summed E-state index contributed by atoms with van der Waals surface area (Å²) in [4.78, 5) is 23.7. The first-order valence-electron chi connectivity index (χ1n) is 7.30. The molecule has 26 heavy (non-hydrogen) atoms. The number of hydrazone groups is 1. The molecule has 0 atom stereocenters. The number of halogens is 2. The molecule has 2 aromatic rings. The minimum Gasteiger partial charge on any atom is -0.504 e. The Morgan fingerprint density at radius 1 is 1.08 bits per heavy atom. The van der Waals surface area contributed by atoms with E-state index in [9.17, 15) is 14.7 Å². The lowest BCUT2D eigenvalue weighted by Gasteiger charge is -2.07. The van der Waals surface area contributed by atoms with E-state index in [2.05, 4.69) is 15.8 Å². The highest BCUT2D eigenvalue weighted by Gasteiger charge is 2.14. The van der Waals surface area contributed by atoms with Gasteiger partial charge in [0.1, 0.15) is 0 Å². The summed E-state index contributed by atoms with van der Waals surface area (Å²) in [7, 11) is 1.42. The van der Waals surface area contributed by atoms with Crippen LogP contribution in [0.1, 0.15) is 12.5 Å². The molecule has 0 aliphatic heterocycles. The Kier molecular flexibility index (Phi) is 6.43. The maximum absolute atomic E-state index is 11.9. The van der Waals surface area contributed by atoms with Crippen molar-refractivity contribution in [2.45, 2.75) is 6.92 Å².